The van der Waals surface area contributed by atoms with Crippen molar-refractivity contribution >= 4 is 17.5 Å². The molecule has 42 heavy (non-hydrogen) atoms. The summed E-state index contributed by atoms with van der Waals surface area (Å²) in [7, 11) is 0. The maximum atomic E-state index is 14.1. The predicted octanol–water partition coefficient (Wildman–Crippen LogP) is 7.50. The van der Waals surface area contributed by atoms with Gasteiger partial charge in [-0.1, -0.05) is 42.5 Å². The van der Waals surface area contributed by atoms with E-state index in [0.717, 1.165) is 16.2 Å². The molecule has 1 aromatic heterocycles. The van der Waals surface area contributed by atoms with Gasteiger partial charge in [-0.25, -0.2) is 0 Å². The smallest absolute Gasteiger partial charge is 0.327 e. The molecule has 0 aliphatic carbocycles. The van der Waals surface area contributed by atoms with E-state index in [1.54, 1.807) is 12.1 Å². The van der Waals surface area contributed by atoms with E-state index in [4.69, 9.17) is 0 Å². The number of benzene rings is 3. The monoisotopic (exact) mass is 585 g/mol. The lowest BCUT2D eigenvalue weighted by atomic mass is 9.97. The summed E-state index contributed by atoms with van der Waals surface area (Å²) in [4.78, 5) is 30.2. The van der Waals surface area contributed by atoms with Crippen LogP contribution in [0, 0.1) is 0 Å². The topological polar surface area (TPSA) is 45.6 Å². The van der Waals surface area contributed by atoms with Gasteiger partial charge in [0, 0.05) is 17.8 Å². The molecular weight excluding hydrogens is 560 g/mol. The van der Waals surface area contributed by atoms with E-state index in [1.165, 1.54) is 18.7 Å². The van der Waals surface area contributed by atoms with Crippen molar-refractivity contribution in [1.29, 1.82) is 0 Å². The summed E-state index contributed by atoms with van der Waals surface area (Å²) < 4.78 is 82.9. The van der Waals surface area contributed by atoms with Gasteiger partial charge in [0.1, 0.15) is 12.6 Å². The number of alkyl halides is 6. The Morgan fingerprint density at radius 2 is 1.36 bits per heavy atom. The fraction of sp³-hybridized carbons (Fsp3) is 0.226. The first-order valence-corrected chi connectivity index (χ1v) is 13.0. The molecule has 1 unspecified atom stereocenters. The number of halogens is 6. The second kappa shape index (κ2) is 10.7. The molecule has 0 radical (unpaired) electrons. The summed E-state index contributed by atoms with van der Waals surface area (Å²) in [5.41, 5.74) is -1.25. The average Bonchev–Trinajstić information content (AvgIpc) is 3.44. The fourth-order valence-electron chi connectivity index (χ4n) is 5.17. The number of amides is 2. The summed E-state index contributed by atoms with van der Waals surface area (Å²) in [6.45, 7) is 2.48. The Labute approximate surface area is 237 Å². The number of aromatic nitrogens is 1. The molecule has 0 saturated carbocycles. The van der Waals surface area contributed by atoms with Crippen LogP contribution in [0.3, 0.4) is 0 Å². The Kier molecular flexibility index (Phi) is 7.38. The van der Waals surface area contributed by atoms with Crippen molar-refractivity contribution in [1.82, 2.24) is 9.47 Å². The van der Waals surface area contributed by atoms with Crippen LogP contribution >= 0.6 is 0 Å². The van der Waals surface area contributed by atoms with E-state index in [0.29, 0.717) is 23.5 Å². The number of hydrogen-bond acceptors (Lipinski definition) is 2. The Morgan fingerprint density at radius 1 is 0.786 bits per heavy atom. The summed E-state index contributed by atoms with van der Waals surface area (Å²) >= 11 is 0. The normalized spacial score (nSPS) is 14.9. The van der Waals surface area contributed by atoms with Crippen molar-refractivity contribution in [3.63, 3.8) is 0 Å². The van der Waals surface area contributed by atoms with Crippen molar-refractivity contribution in [2.75, 3.05) is 11.4 Å². The van der Waals surface area contributed by atoms with E-state index in [2.05, 4.69) is 0 Å². The average molecular weight is 586 g/mol. The minimum atomic E-state index is -5.12. The maximum Gasteiger partial charge on any atom is 0.416 e. The summed E-state index contributed by atoms with van der Waals surface area (Å²) in [6.07, 6.45) is -8.38. The van der Waals surface area contributed by atoms with Gasteiger partial charge in [-0.15, -0.1) is 0 Å². The number of fused-ring (bicyclic) bond motifs is 3. The highest BCUT2D eigenvalue weighted by atomic mass is 19.4. The summed E-state index contributed by atoms with van der Waals surface area (Å²) in [5, 5.41) is 0. The van der Waals surface area contributed by atoms with Crippen LogP contribution in [0.4, 0.5) is 32.0 Å². The number of rotatable bonds is 5. The number of carbonyl (C=O) groups is 2. The second-order valence-electron chi connectivity index (χ2n) is 10.2. The molecule has 1 aliphatic rings. The number of nitrogens with zero attached hydrogens (tertiary/aromatic N) is 3. The third kappa shape index (κ3) is 5.38. The Morgan fingerprint density at radius 3 is 1.93 bits per heavy atom. The van der Waals surface area contributed by atoms with Gasteiger partial charge in [0.2, 0.25) is 5.91 Å². The maximum absolute atomic E-state index is 14.1. The van der Waals surface area contributed by atoms with Gasteiger partial charge in [0.05, 0.1) is 28.2 Å². The first kappa shape index (κ1) is 29.0. The molecule has 1 aliphatic heterocycles. The van der Waals surface area contributed by atoms with Crippen LogP contribution in [0.25, 0.3) is 5.69 Å². The van der Waals surface area contributed by atoms with Crippen molar-refractivity contribution in [2.24, 2.45) is 0 Å². The van der Waals surface area contributed by atoms with Gasteiger partial charge in [0.15, 0.2) is 0 Å². The molecule has 218 valence electrons. The van der Waals surface area contributed by atoms with Gasteiger partial charge in [-0.3, -0.25) is 14.5 Å². The minimum Gasteiger partial charge on any atom is -0.327 e. The molecule has 5 nitrogen and oxygen atoms in total. The van der Waals surface area contributed by atoms with Gasteiger partial charge < -0.3 is 9.47 Å². The Balaban J connectivity index is 1.56. The molecule has 3 aromatic carbocycles. The van der Waals surface area contributed by atoms with Crippen LogP contribution in [-0.2, 0) is 17.1 Å². The van der Waals surface area contributed by atoms with E-state index in [1.807, 2.05) is 65.4 Å². The van der Waals surface area contributed by atoms with E-state index in [9.17, 15) is 35.9 Å². The molecule has 4 aromatic rings. The number of anilines is 1. The highest BCUT2D eigenvalue weighted by molar-refractivity contribution is 6.03. The van der Waals surface area contributed by atoms with Crippen LogP contribution in [0.5, 0.6) is 0 Å². The highest BCUT2D eigenvalue weighted by Gasteiger charge is 2.40. The highest BCUT2D eigenvalue weighted by Crippen LogP contribution is 2.42. The molecule has 0 fully saturated rings. The van der Waals surface area contributed by atoms with Crippen molar-refractivity contribution in [3.8, 4) is 5.69 Å². The molecule has 0 spiro atoms. The van der Waals surface area contributed by atoms with E-state index < -0.39 is 59.5 Å². The van der Waals surface area contributed by atoms with Crippen LogP contribution in [0.1, 0.15) is 52.6 Å². The number of hydrogen-bond donors (Lipinski definition) is 0. The van der Waals surface area contributed by atoms with Crippen molar-refractivity contribution < 1.29 is 35.9 Å². The van der Waals surface area contributed by atoms with Crippen molar-refractivity contribution in [2.45, 2.75) is 38.3 Å². The van der Waals surface area contributed by atoms with Gasteiger partial charge in [-0.2, -0.15) is 26.3 Å². The largest absolute Gasteiger partial charge is 0.416 e. The Bertz CT molecular complexity index is 1590. The predicted molar refractivity (Wildman–Crippen MR) is 144 cm³/mol. The fourth-order valence-corrected chi connectivity index (χ4v) is 5.17. The lowest BCUT2D eigenvalue weighted by molar-refractivity contribution is -0.143. The molecule has 0 bridgehead atoms. The van der Waals surface area contributed by atoms with Crippen LogP contribution < -0.4 is 4.90 Å². The van der Waals surface area contributed by atoms with Gasteiger partial charge in [0.25, 0.3) is 5.91 Å². The molecule has 11 heteroatoms. The van der Waals surface area contributed by atoms with E-state index in [-0.39, 0.29) is 6.07 Å². The first-order chi connectivity index (χ1) is 19.8. The molecule has 2 heterocycles. The lowest BCUT2D eigenvalue weighted by Crippen LogP contribution is -2.48. The zero-order valence-electron chi connectivity index (χ0n) is 22.4. The molecule has 1 atom stereocenters. The SMILES string of the molecule is CC(C)N(CC(=O)N1c2ccccc2-n2cccc2C1c1ccccc1)C(=O)c1cc(C(F)(F)F)cc(C(F)(F)F)c1. The van der Waals surface area contributed by atoms with Gasteiger partial charge >= 0.3 is 12.4 Å². The van der Waals surface area contributed by atoms with E-state index >= 15 is 0 Å². The lowest BCUT2D eigenvalue weighted by Gasteiger charge is -2.40. The number of carbonyl (C=O) groups excluding carboxylic acids is 2. The Hall–Kier alpha value is -4.54. The van der Waals surface area contributed by atoms with Crippen molar-refractivity contribution in [3.05, 3.63) is 119 Å². The minimum absolute atomic E-state index is 0.0358. The van der Waals surface area contributed by atoms with Gasteiger partial charge in [-0.05, 0) is 61.9 Å². The third-order valence-corrected chi connectivity index (χ3v) is 7.13. The zero-order valence-corrected chi connectivity index (χ0v) is 22.4. The first-order valence-electron chi connectivity index (χ1n) is 13.0. The van der Waals surface area contributed by atoms with Crippen LogP contribution in [0.15, 0.2) is 91.1 Å². The molecular formula is C31H25F6N3O2. The third-order valence-electron chi connectivity index (χ3n) is 7.13. The van der Waals surface area contributed by atoms with Crippen LogP contribution in [0.2, 0.25) is 0 Å². The molecule has 2 amide bonds. The molecule has 0 saturated heterocycles. The standard InChI is InChI=1S/C31H25F6N3O2/c1-19(2)39(29(42)21-15-22(30(32,33)34)17-23(16-21)31(35,36)37)18-27(41)40-25-12-7-6-11-24(25)38-14-8-13-26(38)28(40)20-9-4-3-5-10-20/h3-17,19,28H,18H2,1-2H3. The number of para-hydroxylation sites is 2. The molecule has 5 rings (SSSR count). The zero-order chi connectivity index (χ0) is 30.4. The summed E-state index contributed by atoms with van der Waals surface area (Å²) in [6, 6.07) is 19.4. The van der Waals surface area contributed by atoms with Crippen LogP contribution in [-0.4, -0.2) is 33.9 Å². The molecule has 0 N–H and O–H groups in total. The quantitative estimate of drug-likeness (QED) is 0.228. The second-order valence-corrected chi connectivity index (χ2v) is 10.2. The summed E-state index contributed by atoms with van der Waals surface area (Å²) in [5.74, 6) is -1.69.